The van der Waals surface area contributed by atoms with Gasteiger partial charge in [0.2, 0.25) is 0 Å². The number of amides is 1. The lowest BCUT2D eigenvalue weighted by atomic mass is 9.89. The molecule has 1 aromatic rings. The summed E-state index contributed by atoms with van der Waals surface area (Å²) in [6, 6.07) is 3.50. The highest BCUT2D eigenvalue weighted by Gasteiger charge is 2.18. The summed E-state index contributed by atoms with van der Waals surface area (Å²) in [4.78, 5) is 12.1. The van der Waals surface area contributed by atoms with Gasteiger partial charge in [0.25, 0.3) is 5.91 Å². The number of aliphatic hydroxyl groups is 1. The lowest BCUT2D eigenvalue weighted by molar-refractivity contribution is 0.0868. The Labute approximate surface area is 128 Å². The number of halogens is 1. The zero-order chi connectivity index (χ0) is 15.5. The SMILES string of the molecule is Cc1c(N)cc(Br)cc1C(=O)NCC(O)CC(C)(C)C. The Morgan fingerprint density at radius 1 is 1.45 bits per heavy atom. The summed E-state index contributed by atoms with van der Waals surface area (Å²) in [6.07, 6.45) is 0.0798. The van der Waals surface area contributed by atoms with Crippen molar-refractivity contribution in [1.29, 1.82) is 0 Å². The van der Waals surface area contributed by atoms with E-state index in [-0.39, 0.29) is 17.9 Å². The average molecular weight is 343 g/mol. The summed E-state index contributed by atoms with van der Waals surface area (Å²) in [5.74, 6) is -0.219. The average Bonchev–Trinajstić information content (AvgIpc) is 2.28. The van der Waals surface area contributed by atoms with Crippen LogP contribution in [0.1, 0.15) is 43.1 Å². The van der Waals surface area contributed by atoms with Crippen molar-refractivity contribution in [3.63, 3.8) is 0 Å². The second kappa shape index (κ2) is 6.59. The van der Waals surface area contributed by atoms with Crippen LogP contribution in [-0.4, -0.2) is 23.7 Å². The normalized spacial score (nSPS) is 13.1. The number of nitrogen functional groups attached to an aromatic ring is 1. The molecule has 20 heavy (non-hydrogen) atoms. The predicted octanol–water partition coefficient (Wildman–Crippen LogP) is 2.87. The van der Waals surface area contributed by atoms with Crippen molar-refractivity contribution in [2.45, 2.75) is 40.2 Å². The van der Waals surface area contributed by atoms with E-state index in [0.717, 1.165) is 10.0 Å². The van der Waals surface area contributed by atoms with Crippen molar-refractivity contribution in [2.75, 3.05) is 12.3 Å². The molecule has 1 atom stereocenters. The van der Waals surface area contributed by atoms with Crippen LogP contribution in [0.4, 0.5) is 5.69 Å². The van der Waals surface area contributed by atoms with E-state index in [9.17, 15) is 9.90 Å². The van der Waals surface area contributed by atoms with E-state index < -0.39 is 6.10 Å². The molecule has 0 aromatic heterocycles. The van der Waals surface area contributed by atoms with Crippen molar-refractivity contribution in [1.82, 2.24) is 5.32 Å². The maximum absolute atomic E-state index is 12.1. The molecule has 0 bridgehead atoms. The summed E-state index contributed by atoms with van der Waals surface area (Å²) in [6.45, 7) is 8.20. The van der Waals surface area contributed by atoms with Gasteiger partial charge < -0.3 is 16.2 Å². The fourth-order valence-electron chi connectivity index (χ4n) is 2.02. The molecule has 0 aliphatic carbocycles. The van der Waals surface area contributed by atoms with Gasteiger partial charge in [-0.25, -0.2) is 0 Å². The Bertz CT molecular complexity index is 495. The number of nitrogens with two attached hydrogens (primary N) is 1. The number of hydrogen-bond acceptors (Lipinski definition) is 3. The van der Waals surface area contributed by atoms with Gasteiger partial charge in [0.1, 0.15) is 0 Å². The van der Waals surface area contributed by atoms with Gasteiger partial charge in [0, 0.05) is 22.3 Å². The van der Waals surface area contributed by atoms with Crippen LogP contribution in [0.3, 0.4) is 0 Å². The summed E-state index contributed by atoms with van der Waals surface area (Å²) >= 11 is 3.33. The molecule has 4 N–H and O–H groups in total. The molecule has 0 spiro atoms. The monoisotopic (exact) mass is 342 g/mol. The molecule has 1 amide bonds. The molecular weight excluding hydrogens is 320 g/mol. The van der Waals surface area contributed by atoms with E-state index in [1.165, 1.54) is 0 Å². The predicted molar refractivity (Wildman–Crippen MR) is 85.7 cm³/mol. The van der Waals surface area contributed by atoms with E-state index in [4.69, 9.17) is 5.73 Å². The van der Waals surface area contributed by atoms with Crippen LogP contribution >= 0.6 is 15.9 Å². The lowest BCUT2D eigenvalue weighted by Gasteiger charge is -2.22. The van der Waals surface area contributed by atoms with Gasteiger partial charge in [0.15, 0.2) is 0 Å². The third-order valence-corrected chi connectivity index (χ3v) is 3.46. The number of carbonyl (C=O) groups excluding carboxylic acids is 1. The molecule has 0 aliphatic rings. The van der Waals surface area contributed by atoms with Gasteiger partial charge >= 0.3 is 0 Å². The standard InChI is InChI=1S/C15H23BrN2O2/c1-9-12(5-10(16)6-13(9)17)14(20)18-8-11(19)7-15(2,3)4/h5-6,11,19H,7-8,17H2,1-4H3,(H,18,20). The van der Waals surface area contributed by atoms with Crippen LogP contribution < -0.4 is 11.1 Å². The molecule has 1 rings (SSSR count). The number of aliphatic hydroxyl groups excluding tert-OH is 1. The van der Waals surface area contributed by atoms with Crippen LogP contribution in [0.2, 0.25) is 0 Å². The Kier molecular flexibility index (Phi) is 5.59. The lowest BCUT2D eigenvalue weighted by Crippen LogP contribution is -2.34. The zero-order valence-corrected chi connectivity index (χ0v) is 14.0. The molecular formula is C15H23BrN2O2. The van der Waals surface area contributed by atoms with Crippen molar-refractivity contribution < 1.29 is 9.90 Å². The Morgan fingerprint density at radius 3 is 2.60 bits per heavy atom. The van der Waals surface area contributed by atoms with Crippen molar-refractivity contribution in [3.05, 3.63) is 27.7 Å². The number of carbonyl (C=O) groups is 1. The maximum atomic E-state index is 12.1. The first-order valence-electron chi connectivity index (χ1n) is 6.62. The van der Waals surface area contributed by atoms with E-state index in [0.29, 0.717) is 17.7 Å². The van der Waals surface area contributed by atoms with Gasteiger partial charge in [0.05, 0.1) is 6.10 Å². The third-order valence-electron chi connectivity index (χ3n) is 3.00. The maximum Gasteiger partial charge on any atom is 0.251 e. The van der Waals surface area contributed by atoms with Gasteiger partial charge in [-0.05, 0) is 36.5 Å². The number of anilines is 1. The van der Waals surface area contributed by atoms with Crippen LogP contribution in [0, 0.1) is 12.3 Å². The number of rotatable bonds is 4. The van der Waals surface area contributed by atoms with Gasteiger partial charge in [-0.15, -0.1) is 0 Å². The summed E-state index contributed by atoms with van der Waals surface area (Å²) in [5, 5.41) is 12.7. The molecule has 1 unspecified atom stereocenters. The van der Waals surface area contributed by atoms with Crippen LogP contribution in [0.15, 0.2) is 16.6 Å². The largest absolute Gasteiger partial charge is 0.398 e. The molecule has 1 aromatic carbocycles. The molecule has 0 saturated heterocycles. The smallest absolute Gasteiger partial charge is 0.251 e. The number of benzene rings is 1. The molecule has 0 saturated carbocycles. The molecule has 0 aliphatic heterocycles. The molecule has 5 heteroatoms. The van der Waals surface area contributed by atoms with Crippen molar-refractivity contribution >= 4 is 27.5 Å². The number of hydrogen-bond donors (Lipinski definition) is 3. The quantitative estimate of drug-likeness (QED) is 0.736. The van der Waals surface area contributed by atoms with Gasteiger partial charge in [-0.2, -0.15) is 0 Å². The minimum Gasteiger partial charge on any atom is -0.398 e. The summed E-state index contributed by atoms with van der Waals surface area (Å²) < 4.78 is 0.765. The fourth-order valence-corrected chi connectivity index (χ4v) is 2.50. The van der Waals surface area contributed by atoms with E-state index >= 15 is 0 Å². The van der Waals surface area contributed by atoms with Crippen LogP contribution in [-0.2, 0) is 0 Å². The topological polar surface area (TPSA) is 75.4 Å². The summed E-state index contributed by atoms with van der Waals surface area (Å²) in [7, 11) is 0. The molecule has 0 heterocycles. The van der Waals surface area contributed by atoms with E-state index in [1.54, 1.807) is 12.1 Å². The first-order valence-corrected chi connectivity index (χ1v) is 7.41. The highest BCUT2D eigenvalue weighted by atomic mass is 79.9. The van der Waals surface area contributed by atoms with Gasteiger partial charge in [-0.1, -0.05) is 36.7 Å². The van der Waals surface area contributed by atoms with Gasteiger partial charge in [-0.3, -0.25) is 4.79 Å². The fraction of sp³-hybridized carbons (Fsp3) is 0.533. The second-order valence-corrected chi connectivity index (χ2v) is 7.21. The minimum absolute atomic E-state index is 0.0280. The zero-order valence-electron chi connectivity index (χ0n) is 12.5. The first-order chi connectivity index (χ1) is 9.10. The Morgan fingerprint density at radius 2 is 2.05 bits per heavy atom. The van der Waals surface area contributed by atoms with E-state index in [1.807, 2.05) is 6.92 Å². The summed E-state index contributed by atoms with van der Waals surface area (Å²) in [5.41, 5.74) is 7.71. The van der Waals surface area contributed by atoms with Crippen molar-refractivity contribution in [3.8, 4) is 0 Å². The molecule has 112 valence electrons. The second-order valence-electron chi connectivity index (χ2n) is 6.30. The third kappa shape index (κ3) is 5.13. The highest BCUT2D eigenvalue weighted by molar-refractivity contribution is 9.10. The van der Waals surface area contributed by atoms with Crippen LogP contribution in [0.5, 0.6) is 0 Å². The van der Waals surface area contributed by atoms with Crippen LogP contribution in [0.25, 0.3) is 0 Å². The highest BCUT2D eigenvalue weighted by Crippen LogP contribution is 2.23. The Hall–Kier alpha value is -1.07. The number of nitrogens with one attached hydrogen (secondary N) is 1. The minimum atomic E-state index is -0.552. The molecule has 0 fully saturated rings. The molecule has 0 radical (unpaired) electrons. The first kappa shape index (κ1) is 17.0. The van der Waals surface area contributed by atoms with Crippen molar-refractivity contribution in [2.24, 2.45) is 5.41 Å². The van der Waals surface area contributed by atoms with E-state index in [2.05, 4.69) is 42.0 Å². The Balaban J connectivity index is 2.69. The molecule has 4 nitrogen and oxygen atoms in total.